The fourth-order valence-electron chi connectivity index (χ4n) is 1.32. The van der Waals surface area contributed by atoms with Gasteiger partial charge in [0.25, 0.3) is 0 Å². The summed E-state index contributed by atoms with van der Waals surface area (Å²) >= 11 is 5.98. The van der Waals surface area contributed by atoms with Gasteiger partial charge in [0.1, 0.15) is 5.54 Å². The zero-order valence-electron chi connectivity index (χ0n) is 9.29. The zero-order chi connectivity index (χ0) is 12.2. The number of carbonyl (C=O) groups excluding carboxylic acids is 1. The lowest BCUT2D eigenvalue weighted by molar-refractivity contribution is -0.123. The van der Waals surface area contributed by atoms with Crippen LogP contribution < -0.4 is 11.1 Å². The molecule has 0 bridgehead atoms. The van der Waals surface area contributed by atoms with Gasteiger partial charge in [-0.1, -0.05) is 23.7 Å². The van der Waals surface area contributed by atoms with Gasteiger partial charge in [0, 0.05) is 7.11 Å². The molecule has 4 nitrogen and oxygen atoms in total. The van der Waals surface area contributed by atoms with Crippen LogP contribution in [0.5, 0.6) is 0 Å². The van der Waals surface area contributed by atoms with Crippen molar-refractivity contribution in [3.05, 3.63) is 29.3 Å². The fraction of sp³-hybridized carbons (Fsp3) is 0.364. The molecule has 0 spiro atoms. The van der Waals surface area contributed by atoms with E-state index in [-0.39, 0.29) is 6.61 Å². The molecule has 1 amide bonds. The van der Waals surface area contributed by atoms with Crippen LogP contribution in [0.4, 0.5) is 5.69 Å². The first-order chi connectivity index (χ1) is 7.49. The second-order valence-corrected chi connectivity index (χ2v) is 4.14. The highest BCUT2D eigenvalue weighted by Crippen LogP contribution is 2.24. The van der Waals surface area contributed by atoms with Gasteiger partial charge < -0.3 is 15.8 Å². The summed E-state index contributed by atoms with van der Waals surface area (Å²) in [5, 5.41) is 3.53. The van der Waals surface area contributed by atoms with Crippen LogP contribution in [0.25, 0.3) is 0 Å². The van der Waals surface area contributed by atoms with Crippen LogP contribution in [0.2, 0.25) is 5.02 Å². The van der Waals surface area contributed by atoms with Crippen LogP contribution in [-0.4, -0.2) is 25.2 Å². The minimum absolute atomic E-state index is 0.174. The number of carbonyl (C=O) groups is 1. The molecule has 0 aliphatic heterocycles. The van der Waals surface area contributed by atoms with E-state index in [0.717, 1.165) is 0 Å². The summed E-state index contributed by atoms with van der Waals surface area (Å²) in [7, 11) is 1.51. The summed E-state index contributed by atoms with van der Waals surface area (Å²) in [5.74, 6) is -0.491. The van der Waals surface area contributed by atoms with Crippen molar-refractivity contribution in [2.24, 2.45) is 5.73 Å². The number of ether oxygens (including phenoxy) is 1. The number of benzene rings is 1. The van der Waals surface area contributed by atoms with Gasteiger partial charge in [-0.3, -0.25) is 4.79 Å². The summed E-state index contributed by atoms with van der Waals surface area (Å²) in [4.78, 5) is 11.4. The molecule has 0 heterocycles. The maximum atomic E-state index is 11.4. The van der Waals surface area contributed by atoms with Crippen molar-refractivity contribution < 1.29 is 9.53 Å². The first-order valence-corrected chi connectivity index (χ1v) is 5.19. The Morgan fingerprint density at radius 3 is 2.69 bits per heavy atom. The second-order valence-electron chi connectivity index (χ2n) is 3.73. The monoisotopic (exact) mass is 242 g/mol. The maximum absolute atomic E-state index is 11.4. The van der Waals surface area contributed by atoms with Crippen LogP contribution in [0.15, 0.2) is 24.3 Å². The molecule has 0 radical (unpaired) electrons. The Balaban J connectivity index is 2.92. The van der Waals surface area contributed by atoms with Crippen molar-refractivity contribution in [2.75, 3.05) is 19.0 Å². The molecule has 0 aliphatic rings. The molecular weight excluding hydrogens is 228 g/mol. The van der Waals surface area contributed by atoms with Crippen molar-refractivity contribution in [3.8, 4) is 0 Å². The van der Waals surface area contributed by atoms with Crippen LogP contribution in [0.1, 0.15) is 6.92 Å². The average Bonchev–Trinajstić information content (AvgIpc) is 2.21. The molecule has 1 aromatic carbocycles. The minimum atomic E-state index is -0.972. The molecule has 5 heteroatoms. The van der Waals surface area contributed by atoms with E-state index in [0.29, 0.717) is 10.7 Å². The normalized spacial score (nSPS) is 14.2. The lowest BCUT2D eigenvalue weighted by atomic mass is 10.0. The molecule has 0 aliphatic carbocycles. The number of nitrogens with two attached hydrogens (primary N) is 1. The van der Waals surface area contributed by atoms with Crippen LogP contribution in [0, 0.1) is 0 Å². The number of hydrogen-bond acceptors (Lipinski definition) is 3. The Hall–Kier alpha value is -1.26. The Labute approximate surface area is 99.7 Å². The summed E-state index contributed by atoms with van der Waals surface area (Å²) in [6.07, 6.45) is 0. The second kappa shape index (κ2) is 5.18. The smallest absolute Gasteiger partial charge is 0.245 e. The Morgan fingerprint density at radius 1 is 1.56 bits per heavy atom. The Morgan fingerprint density at radius 2 is 2.19 bits per heavy atom. The third kappa shape index (κ3) is 2.87. The molecule has 0 saturated heterocycles. The number of para-hydroxylation sites is 1. The van der Waals surface area contributed by atoms with E-state index in [1.807, 2.05) is 12.1 Å². The lowest BCUT2D eigenvalue weighted by Crippen LogP contribution is -2.51. The predicted octanol–water partition coefficient (Wildman–Crippen LogP) is 1.64. The SMILES string of the molecule is COCC(C)(Nc1ccccc1Cl)C(N)=O. The summed E-state index contributed by atoms with van der Waals surface area (Å²) < 4.78 is 4.97. The number of primary amides is 1. The number of hydrogen-bond donors (Lipinski definition) is 2. The molecule has 0 saturated carbocycles. The number of methoxy groups -OCH3 is 1. The van der Waals surface area contributed by atoms with Crippen molar-refractivity contribution >= 4 is 23.2 Å². The van der Waals surface area contributed by atoms with Gasteiger partial charge in [0.05, 0.1) is 17.3 Å². The fourth-order valence-corrected chi connectivity index (χ4v) is 1.50. The van der Waals surface area contributed by atoms with Crippen molar-refractivity contribution in [2.45, 2.75) is 12.5 Å². The standard InChI is InChI=1S/C11H15ClN2O2/c1-11(7-16-2,10(13)15)14-9-6-4-3-5-8(9)12/h3-6,14H,7H2,1-2H3,(H2,13,15). The Kier molecular flexibility index (Phi) is 4.15. The molecule has 1 unspecified atom stereocenters. The third-order valence-corrected chi connectivity index (χ3v) is 2.59. The molecule has 1 atom stereocenters. The van der Waals surface area contributed by atoms with E-state index in [9.17, 15) is 4.79 Å². The highest BCUT2D eigenvalue weighted by molar-refractivity contribution is 6.33. The van der Waals surface area contributed by atoms with Gasteiger partial charge in [-0.2, -0.15) is 0 Å². The molecule has 88 valence electrons. The number of halogens is 1. The van der Waals surface area contributed by atoms with Crippen LogP contribution in [0.3, 0.4) is 0 Å². The number of anilines is 1. The van der Waals surface area contributed by atoms with Crippen molar-refractivity contribution in [1.29, 1.82) is 0 Å². The van der Waals surface area contributed by atoms with Gasteiger partial charge in [0.2, 0.25) is 5.91 Å². The number of nitrogens with one attached hydrogen (secondary N) is 1. The van der Waals surface area contributed by atoms with Crippen LogP contribution >= 0.6 is 11.6 Å². The number of amides is 1. The predicted molar refractivity (Wildman–Crippen MR) is 64.6 cm³/mol. The van der Waals surface area contributed by atoms with E-state index in [1.54, 1.807) is 19.1 Å². The lowest BCUT2D eigenvalue weighted by Gasteiger charge is -2.28. The van der Waals surface area contributed by atoms with Gasteiger partial charge >= 0.3 is 0 Å². The van der Waals surface area contributed by atoms with Crippen molar-refractivity contribution in [3.63, 3.8) is 0 Å². The maximum Gasteiger partial charge on any atom is 0.245 e. The molecule has 3 N–H and O–H groups in total. The van der Waals surface area contributed by atoms with E-state index in [1.165, 1.54) is 7.11 Å². The molecule has 0 fully saturated rings. The molecule has 1 rings (SSSR count). The van der Waals surface area contributed by atoms with Crippen LogP contribution in [-0.2, 0) is 9.53 Å². The number of rotatable bonds is 5. The third-order valence-electron chi connectivity index (χ3n) is 2.26. The van der Waals surface area contributed by atoms with E-state index >= 15 is 0 Å². The topological polar surface area (TPSA) is 64.3 Å². The molecule has 0 aromatic heterocycles. The highest BCUT2D eigenvalue weighted by Gasteiger charge is 2.31. The molecule has 1 aromatic rings. The van der Waals surface area contributed by atoms with Gasteiger partial charge in [-0.25, -0.2) is 0 Å². The summed E-state index contributed by atoms with van der Waals surface area (Å²) in [6, 6.07) is 7.14. The summed E-state index contributed by atoms with van der Waals surface area (Å²) in [6.45, 7) is 1.84. The van der Waals surface area contributed by atoms with Crippen molar-refractivity contribution in [1.82, 2.24) is 0 Å². The quantitative estimate of drug-likeness (QED) is 0.825. The van der Waals surface area contributed by atoms with E-state index in [4.69, 9.17) is 22.1 Å². The largest absolute Gasteiger partial charge is 0.382 e. The van der Waals surface area contributed by atoms with Gasteiger partial charge in [-0.15, -0.1) is 0 Å². The van der Waals surface area contributed by atoms with E-state index in [2.05, 4.69) is 5.32 Å². The molecule has 16 heavy (non-hydrogen) atoms. The van der Waals surface area contributed by atoms with Gasteiger partial charge in [-0.05, 0) is 19.1 Å². The first kappa shape index (κ1) is 12.8. The molecular formula is C11H15ClN2O2. The highest BCUT2D eigenvalue weighted by atomic mass is 35.5. The zero-order valence-corrected chi connectivity index (χ0v) is 10.0. The van der Waals surface area contributed by atoms with E-state index < -0.39 is 11.4 Å². The van der Waals surface area contributed by atoms with Gasteiger partial charge in [0.15, 0.2) is 0 Å². The first-order valence-electron chi connectivity index (χ1n) is 4.81. The summed E-state index contributed by atoms with van der Waals surface area (Å²) in [5.41, 5.74) is 5.01. The average molecular weight is 243 g/mol. The Bertz CT molecular complexity index is 384. The minimum Gasteiger partial charge on any atom is -0.382 e.